The lowest BCUT2D eigenvalue weighted by atomic mass is 10.3. The third-order valence-electron chi connectivity index (χ3n) is 1.56. The molecule has 0 heterocycles. The Kier molecular flexibility index (Phi) is 5.06. The minimum absolute atomic E-state index is 0.352. The van der Waals surface area contributed by atoms with Gasteiger partial charge in [-0.2, -0.15) is 0 Å². The summed E-state index contributed by atoms with van der Waals surface area (Å²) in [6.07, 6.45) is 2.06. The molecule has 2 N–H and O–H groups in total. The van der Waals surface area contributed by atoms with Crippen molar-refractivity contribution >= 4 is 11.9 Å². The fourth-order valence-corrected chi connectivity index (χ4v) is 0.692. The predicted octanol–water partition coefficient (Wildman–Crippen LogP) is -0.321. The van der Waals surface area contributed by atoms with Crippen LogP contribution < -0.4 is 5.73 Å². The quantitative estimate of drug-likeness (QED) is 0.654. The highest BCUT2D eigenvalue weighted by Crippen LogP contribution is 1.94. The van der Waals surface area contributed by atoms with Gasteiger partial charge in [0.1, 0.15) is 0 Å². The van der Waals surface area contributed by atoms with E-state index in [0.29, 0.717) is 6.42 Å². The number of hydrogen-bond acceptors (Lipinski definition) is 3. The maximum absolute atomic E-state index is 11.1. The molecule has 0 aliphatic rings. The highest BCUT2D eigenvalue weighted by Gasteiger charge is 2.12. The monoisotopic (exact) mass is 186 g/mol. The topological polar surface area (TPSA) is 66.6 Å². The lowest BCUT2D eigenvalue weighted by Crippen LogP contribution is -2.37. The van der Waals surface area contributed by atoms with Crippen molar-refractivity contribution < 1.29 is 9.59 Å². The summed E-state index contributed by atoms with van der Waals surface area (Å²) in [7, 11) is 5.18. The van der Waals surface area contributed by atoms with Crippen molar-refractivity contribution in [1.29, 1.82) is 0 Å². The first-order valence-corrected chi connectivity index (χ1v) is 4.00. The molecule has 75 valence electrons. The van der Waals surface area contributed by atoms with E-state index in [1.807, 2.05) is 19.0 Å². The van der Waals surface area contributed by atoms with Gasteiger partial charge in [0.05, 0.1) is 6.42 Å². The van der Waals surface area contributed by atoms with Crippen LogP contribution in [0.1, 0.15) is 6.42 Å². The molecule has 0 aromatic rings. The average Bonchev–Trinajstić information content (AvgIpc) is 2.02. The van der Waals surface area contributed by atoms with E-state index in [0.717, 1.165) is 11.4 Å². The highest BCUT2D eigenvalue weighted by atomic mass is 16.2. The van der Waals surface area contributed by atoms with Crippen LogP contribution in [0.3, 0.4) is 0 Å². The first-order valence-electron chi connectivity index (χ1n) is 4.00. The maximum Gasteiger partial charge on any atom is 0.321 e. The summed E-state index contributed by atoms with van der Waals surface area (Å²) in [6, 6.07) is -0.730. The van der Waals surface area contributed by atoms with Crippen molar-refractivity contribution in [3.8, 4) is 0 Å². The van der Waals surface area contributed by atoms with Gasteiger partial charge < -0.3 is 10.6 Å². The van der Waals surface area contributed by atoms with Crippen LogP contribution >= 0.6 is 0 Å². The summed E-state index contributed by atoms with van der Waals surface area (Å²) in [6.45, 7) is 0.776. The van der Waals surface area contributed by atoms with Crippen molar-refractivity contribution in [3.05, 3.63) is 6.42 Å². The molecular formula is C8H16N3O2. The molecule has 0 bridgehead atoms. The summed E-state index contributed by atoms with van der Waals surface area (Å²) < 4.78 is 0. The van der Waals surface area contributed by atoms with Gasteiger partial charge in [-0.15, -0.1) is 0 Å². The van der Waals surface area contributed by atoms with Gasteiger partial charge in [-0.25, -0.2) is 4.79 Å². The molecule has 0 saturated heterocycles. The Morgan fingerprint density at radius 3 is 2.23 bits per heavy atom. The molecule has 0 fully saturated rings. The summed E-state index contributed by atoms with van der Waals surface area (Å²) in [4.78, 5) is 24.5. The zero-order chi connectivity index (χ0) is 10.4. The van der Waals surface area contributed by atoms with Crippen molar-refractivity contribution in [3.63, 3.8) is 0 Å². The molecule has 0 spiro atoms. The number of rotatable bonds is 4. The molecule has 5 heteroatoms. The van der Waals surface area contributed by atoms with Crippen LogP contribution in [0.15, 0.2) is 0 Å². The van der Waals surface area contributed by atoms with Crippen LogP contribution in [0, 0.1) is 6.42 Å². The molecule has 0 aliphatic carbocycles. The Morgan fingerprint density at radius 1 is 1.31 bits per heavy atom. The number of primary amides is 1. The number of nitrogens with two attached hydrogens (primary N) is 1. The van der Waals surface area contributed by atoms with E-state index in [4.69, 9.17) is 5.73 Å². The summed E-state index contributed by atoms with van der Waals surface area (Å²) in [5.74, 6) is -0.352. The van der Waals surface area contributed by atoms with Crippen LogP contribution in [0.25, 0.3) is 0 Å². The van der Waals surface area contributed by atoms with Gasteiger partial charge in [-0.1, -0.05) is 0 Å². The Labute approximate surface area is 78.5 Å². The van der Waals surface area contributed by atoms with Gasteiger partial charge in [0.15, 0.2) is 0 Å². The van der Waals surface area contributed by atoms with E-state index in [1.54, 1.807) is 0 Å². The maximum atomic E-state index is 11.1. The highest BCUT2D eigenvalue weighted by molar-refractivity contribution is 5.97. The Balaban J connectivity index is 3.69. The van der Waals surface area contributed by atoms with Gasteiger partial charge >= 0.3 is 6.03 Å². The lowest BCUT2D eigenvalue weighted by molar-refractivity contribution is -0.123. The predicted molar refractivity (Wildman–Crippen MR) is 49.8 cm³/mol. The Morgan fingerprint density at radius 2 is 1.85 bits per heavy atom. The van der Waals surface area contributed by atoms with Gasteiger partial charge in [0.2, 0.25) is 5.91 Å². The van der Waals surface area contributed by atoms with Crippen molar-refractivity contribution in [2.45, 2.75) is 6.42 Å². The van der Waals surface area contributed by atoms with E-state index < -0.39 is 6.03 Å². The largest absolute Gasteiger partial charge is 0.351 e. The van der Waals surface area contributed by atoms with Crippen molar-refractivity contribution in [2.24, 2.45) is 5.73 Å². The minimum Gasteiger partial charge on any atom is -0.351 e. The average molecular weight is 186 g/mol. The normalized spacial score (nSPS) is 10.2. The summed E-state index contributed by atoms with van der Waals surface area (Å²) in [5.41, 5.74) is 4.90. The molecule has 0 saturated carbocycles. The molecule has 3 amide bonds. The molecule has 0 aromatic carbocycles. The smallest absolute Gasteiger partial charge is 0.321 e. The number of urea groups is 1. The van der Waals surface area contributed by atoms with Gasteiger partial charge in [-0.3, -0.25) is 9.69 Å². The second kappa shape index (κ2) is 5.53. The van der Waals surface area contributed by atoms with E-state index in [-0.39, 0.29) is 5.91 Å². The molecule has 0 atom stereocenters. The number of nitrogens with zero attached hydrogens (tertiary/aromatic N) is 2. The molecule has 13 heavy (non-hydrogen) atoms. The second-order valence-electron chi connectivity index (χ2n) is 3.03. The summed E-state index contributed by atoms with van der Waals surface area (Å²) >= 11 is 0. The molecule has 0 unspecified atom stereocenters. The van der Waals surface area contributed by atoms with E-state index in [2.05, 4.69) is 0 Å². The van der Waals surface area contributed by atoms with Gasteiger partial charge in [-0.05, 0) is 27.1 Å². The number of amides is 3. The number of carbonyl (C=O) groups excluding carboxylic acids is 2. The summed E-state index contributed by atoms with van der Waals surface area (Å²) in [5, 5.41) is 0. The zero-order valence-electron chi connectivity index (χ0n) is 8.28. The SMILES string of the molecule is CN(C)CC[CH]C(=O)N(C)C(N)=O. The minimum atomic E-state index is -0.730. The van der Waals surface area contributed by atoms with E-state index in [9.17, 15) is 9.59 Å². The van der Waals surface area contributed by atoms with Crippen LogP contribution in [-0.4, -0.2) is 49.4 Å². The fourth-order valence-electron chi connectivity index (χ4n) is 0.692. The Bertz CT molecular complexity index is 192. The van der Waals surface area contributed by atoms with Crippen LogP contribution in [0.4, 0.5) is 4.79 Å². The second-order valence-corrected chi connectivity index (χ2v) is 3.03. The molecule has 0 aromatic heterocycles. The van der Waals surface area contributed by atoms with E-state index >= 15 is 0 Å². The standard InChI is InChI=1S/C8H16N3O2/c1-10(2)6-4-5-7(12)11(3)8(9)13/h5H,4,6H2,1-3H3,(H2,9,13). The molecular weight excluding hydrogens is 170 g/mol. The first kappa shape index (κ1) is 11.9. The number of hydrogen-bond donors (Lipinski definition) is 1. The van der Waals surface area contributed by atoms with Crippen LogP contribution in [-0.2, 0) is 4.79 Å². The van der Waals surface area contributed by atoms with Crippen molar-refractivity contribution in [2.75, 3.05) is 27.7 Å². The Hall–Kier alpha value is -1.10. The van der Waals surface area contributed by atoms with Crippen molar-refractivity contribution in [1.82, 2.24) is 9.80 Å². The lowest BCUT2D eigenvalue weighted by Gasteiger charge is -2.13. The van der Waals surface area contributed by atoms with Crippen LogP contribution in [0.2, 0.25) is 0 Å². The molecule has 0 aliphatic heterocycles. The van der Waals surface area contributed by atoms with Gasteiger partial charge in [0.25, 0.3) is 0 Å². The number of carbonyl (C=O) groups is 2. The van der Waals surface area contributed by atoms with Gasteiger partial charge in [0, 0.05) is 7.05 Å². The molecule has 0 rings (SSSR count). The molecule has 1 radical (unpaired) electrons. The van der Waals surface area contributed by atoms with Crippen LogP contribution in [0.5, 0.6) is 0 Å². The number of imide groups is 1. The first-order chi connectivity index (χ1) is 5.95. The molecule has 5 nitrogen and oxygen atoms in total. The third-order valence-corrected chi connectivity index (χ3v) is 1.56. The third kappa shape index (κ3) is 5.19. The zero-order valence-corrected chi connectivity index (χ0v) is 8.28. The van der Waals surface area contributed by atoms with E-state index in [1.165, 1.54) is 13.5 Å². The fraction of sp³-hybridized carbons (Fsp3) is 0.625.